The largest absolute Gasteiger partial charge is 0.396 e. The molecule has 0 aromatic heterocycles. The molecule has 0 spiro atoms. The van der Waals surface area contributed by atoms with Gasteiger partial charge in [-0.1, -0.05) is 13.0 Å². The summed E-state index contributed by atoms with van der Waals surface area (Å²) in [7, 11) is 0. The van der Waals surface area contributed by atoms with Crippen molar-refractivity contribution in [1.82, 2.24) is 5.32 Å². The van der Waals surface area contributed by atoms with Gasteiger partial charge in [0.2, 0.25) is 0 Å². The number of aliphatic hydroxyl groups is 1. The molecule has 0 saturated carbocycles. The Balaban J connectivity index is 2.08. The molecule has 1 heterocycles. The lowest BCUT2D eigenvalue weighted by atomic mass is 9.97. The molecule has 0 amide bonds. The summed E-state index contributed by atoms with van der Waals surface area (Å²) < 4.78 is 14.1. The Morgan fingerprint density at radius 2 is 2.10 bits per heavy atom. The molecule has 2 N–H and O–H groups in total. The van der Waals surface area contributed by atoms with Gasteiger partial charge in [-0.05, 0) is 43.9 Å². The summed E-state index contributed by atoms with van der Waals surface area (Å²) in [5, 5.41) is 12.5. The van der Waals surface area contributed by atoms with Gasteiger partial charge in [-0.2, -0.15) is 0 Å². The van der Waals surface area contributed by atoms with Gasteiger partial charge in [0.05, 0.1) is 0 Å². The molecule has 0 unspecified atom stereocenters. The Hall–Kier alpha value is -1.13. The van der Waals surface area contributed by atoms with Gasteiger partial charge < -0.3 is 15.3 Å². The predicted octanol–water partition coefficient (Wildman–Crippen LogP) is 2.53. The topological polar surface area (TPSA) is 35.5 Å². The number of rotatable bonds is 6. The smallest absolute Gasteiger partial charge is 0.129 e. The summed E-state index contributed by atoms with van der Waals surface area (Å²) >= 11 is 0. The van der Waals surface area contributed by atoms with E-state index in [0.717, 1.165) is 50.1 Å². The summed E-state index contributed by atoms with van der Waals surface area (Å²) in [6.45, 7) is 5.65. The van der Waals surface area contributed by atoms with Crippen LogP contribution in [0.5, 0.6) is 0 Å². The quantitative estimate of drug-likeness (QED) is 0.786. The van der Waals surface area contributed by atoms with Gasteiger partial charge >= 0.3 is 0 Å². The van der Waals surface area contributed by atoms with E-state index in [-0.39, 0.29) is 12.4 Å². The van der Waals surface area contributed by atoms with Crippen LogP contribution in [0.2, 0.25) is 0 Å². The van der Waals surface area contributed by atoms with Crippen LogP contribution in [0.3, 0.4) is 0 Å². The van der Waals surface area contributed by atoms with E-state index in [2.05, 4.69) is 17.1 Å². The van der Waals surface area contributed by atoms with Crippen LogP contribution in [0.15, 0.2) is 18.2 Å². The molecule has 1 saturated heterocycles. The minimum Gasteiger partial charge on any atom is -0.396 e. The molecule has 1 aromatic rings. The zero-order valence-electron chi connectivity index (χ0n) is 12.2. The molecule has 1 aliphatic heterocycles. The standard InChI is InChI=1S/C16H25FN2O/c1-2-8-18-11-14-15(17)4-3-5-16(14)19-9-6-13(12-20)7-10-19/h3-5,13,18,20H,2,6-12H2,1H3. The number of benzene rings is 1. The first-order valence-corrected chi connectivity index (χ1v) is 7.60. The third-order valence-corrected chi connectivity index (χ3v) is 4.04. The molecule has 0 radical (unpaired) electrons. The van der Waals surface area contributed by atoms with Crippen molar-refractivity contribution < 1.29 is 9.50 Å². The Bertz CT molecular complexity index is 417. The zero-order chi connectivity index (χ0) is 14.4. The molecule has 1 aromatic carbocycles. The van der Waals surface area contributed by atoms with Gasteiger partial charge in [0, 0.05) is 37.5 Å². The van der Waals surface area contributed by atoms with E-state index in [9.17, 15) is 9.50 Å². The van der Waals surface area contributed by atoms with Crippen molar-refractivity contribution in [1.29, 1.82) is 0 Å². The molecule has 0 atom stereocenters. The Labute approximate surface area is 120 Å². The number of piperidine rings is 1. The Morgan fingerprint density at radius 3 is 2.75 bits per heavy atom. The molecule has 4 heteroatoms. The van der Waals surface area contributed by atoms with Crippen molar-refractivity contribution in [2.75, 3.05) is 31.1 Å². The number of hydrogen-bond acceptors (Lipinski definition) is 3. The van der Waals surface area contributed by atoms with Gasteiger partial charge in [-0.15, -0.1) is 0 Å². The normalized spacial score (nSPS) is 16.6. The molecule has 1 fully saturated rings. The van der Waals surface area contributed by atoms with E-state index < -0.39 is 0 Å². The highest BCUT2D eigenvalue weighted by Crippen LogP contribution is 2.27. The fourth-order valence-electron chi connectivity index (χ4n) is 2.77. The molecule has 112 valence electrons. The minimum atomic E-state index is -0.129. The Morgan fingerprint density at radius 1 is 1.35 bits per heavy atom. The average Bonchev–Trinajstić information content (AvgIpc) is 2.49. The number of halogens is 1. The van der Waals surface area contributed by atoms with Crippen LogP contribution in [-0.4, -0.2) is 31.3 Å². The second-order valence-corrected chi connectivity index (χ2v) is 5.53. The number of aliphatic hydroxyl groups excluding tert-OH is 1. The molecule has 1 aliphatic rings. The third-order valence-electron chi connectivity index (χ3n) is 4.04. The molecular formula is C16H25FN2O. The molecule has 2 rings (SSSR count). The molecular weight excluding hydrogens is 255 g/mol. The van der Waals surface area contributed by atoms with Crippen molar-refractivity contribution in [2.45, 2.75) is 32.7 Å². The summed E-state index contributed by atoms with van der Waals surface area (Å²) in [5.41, 5.74) is 1.77. The van der Waals surface area contributed by atoms with Crippen molar-refractivity contribution in [3.8, 4) is 0 Å². The fraction of sp³-hybridized carbons (Fsp3) is 0.625. The lowest BCUT2D eigenvalue weighted by molar-refractivity contribution is 0.203. The highest BCUT2D eigenvalue weighted by molar-refractivity contribution is 5.54. The van der Waals surface area contributed by atoms with E-state index in [4.69, 9.17) is 0 Å². The first kappa shape index (κ1) is 15.3. The van der Waals surface area contributed by atoms with Gasteiger partial charge in [-0.3, -0.25) is 0 Å². The monoisotopic (exact) mass is 280 g/mol. The van der Waals surface area contributed by atoms with Gasteiger partial charge in [0.1, 0.15) is 5.82 Å². The van der Waals surface area contributed by atoms with Gasteiger partial charge in [0.25, 0.3) is 0 Å². The van der Waals surface area contributed by atoms with Crippen molar-refractivity contribution in [3.05, 3.63) is 29.6 Å². The first-order valence-electron chi connectivity index (χ1n) is 7.60. The summed E-state index contributed by atoms with van der Waals surface area (Å²) in [4.78, 5) is 2.25. The molecule has 20 heavy (non-hydrogen) atoms. The highest BCUT2D eigenvalue weighted by atomic mass is 19.1. The maximum absolute atomic E-state index is 14.1. The second-order valence-electron chi connectivity index (χ2n) is 5.53. The van der Waals surface area contributed by atoms with E-state index in [1.165, 1.54) is 6.07 Å². The first-order chi connectivity index (χ1) is 9.76. The zero-order valence-corrected chi connectivity index (χ0v) is 12.2. The van der Waals surface area contributed by atoms with Crippen LogP contribution < -0.4 is 10.2 Å². The molecule has 0 aliphatic carbocycles. The number of anilines is 1. The van der Waals surface area contributed by atoms with Crippen LogP contribution >= 0.6 is 0 Å². The maximum Gasteiger partial charge on any atom is 0.129 e. The van der Waals surface area contributed by atoms with Crippen LogP contribution in [0.1, 0.15) is 31.7 Å². The summed E-state index contributed by atoms with van der Waals surface area (Å²) in [6, 6.07) is 5.32. The lowest BCUT2D eigenvalue weighted by Crippen LogP contribution is -2.35. The van der Waals surface area contributed by atoms with Gasteiger partial charge in [0.15, 0.2) is 0 Å². The third kappa shape index (κ3) is 3.70. The lowest BCUT2D eigenvalue weighted by Gasteiger charge is -2.34. The molecule has 3 nitrogen and oxygen atoms in total. The average molecular weight is 280 g/mol. The van der Waals surface area contributed by atoms with Crippen LogP contribution in [0.25, 0.3) is 0 Å². The van der Waals surface area contributed by atoms with Crippen molar-refractivity contribution >= 4 is 5.69 Å². The van der Waals surface area contributed by atoms with E-state index in [0.29, 0.717) is 12.5 Å². The predicted molar refractivity (Wildman–Crippen MR) is 80.4 cm³/mol. The fourth-order valence-corrected chi connectivity index (χ4v) is 2.77. The summed E-state index contributed by atoms with van der Waals surface area (Å²) in [5.74, 6) is 0.275. The minimum absolute atomic E-state index is 0.129. The highest BCUT2D eigenvalue weighted by Gasteiger charge is 2.21. The SMILES string of the molecule is CCCNCc1c(F)cccc1N1CCC(CO)CC1. The van der Waals surface area contributed by atoms with E-state index in [1.807, 2.05) is 6.07 Å². The van der Waals surface area contributed by atoms with Crippen molar-refractivity contribution in [3.63, 3.8) is 0 Å². The van der Waals surface area contributed by atoms with Crippen molar-refractivity contribution in [2.24, 2.45) is 5.92 Å². The van der Waals surface area contributed by atoms with Gasteiger partial charge in [-0.25, -0.2) is 4.39 Å². The van der Waals surface area contributed by atoms with Crippen LogP contribution in [0.4, 0.5) is 10.1 Å². The van der Waals surface area contributed by atoms with Crippen LogP contribution in [-0.2, 0) is 6.54 Å². The second kappa shape index (κ2) is 7.60. The maximum atomic E-state index is 14.1. The molecule has 0 bridgehead atoms. The van der Waals surface area contributed by atoms with Crippen LogP contribution in [0, 0.1) is 11.7 Å². The Kier molecular flexibility index (Phi) is 5.80. The number of nitrogens with one attached hydrogen (secondary N) is 1. The number of nitrogens with zero attached hydrogens (tertiary/aromatic N) is 1. The van der Waals surface area contributed by atoms with E-state index in [1.54, 1.807) is 6.07 Å². The van der Waals surface area contributed by atoms with E-state index >= 15 is 0 Å². The number of hydrogen-bond donors (Lipinski definition) is 2. The summed E-state index contributed by atoms with van der Waals surface area (Å²) in [6.07, 6.45) is 3.01.